The summed E-state index contributed by atoms with van der Waals surface area (Å²) in [6.07, 6.45) is 1.01. The average Bonchev–Trinajstić information content (AvgIpc) is 3.89. The van der Waals surface area contributed by atoms with Gasteiger partial charge in [-0.15, -0.1) is 0 Å². The zero-order valence-electron chi connectivity index (χ0n) is 46.7. The minimum absolute atomic E-state index is 0.00350. The number of nitrogens with zero attached hydrogens (tertiary/aromatic N) is 2. The van der Waals surface area contributed by atoms with E-state index in [4.69, 9.17) is 27.4 Å². The fourth-order valence-corrected chi connectivity index (χ4v) is 11.8. The number of aliphatic hydroxyl groups excluding tert-OH is 1. The van der Waals surface area contributed by atoms with Crippen LogP contribution in [0.15, 0.2) is 163 Å². The summed E-state index contributed by atoms with van der Waals surface area (Å²) in [4.78, 5) is 47.8. The Hall–Kier alpha value is -6.77. The van der Waals surface area contributed by atoms with E-state index in [1.165, 1.54) is 0 Å². The topological polar surface area (TPSA) is 246 Å². The number of rotatable bonds is 25. The lowest BCUT2D eigenvalue weighted by atomic mass is 9.80. The second-order valence-corrected chi connectivity index (χ2v) is 23.0. The Labute approximate surface area is 474 Å². The third-order valence-corrected chi connectivity index (χ3v) is 17.0. The third kappa shape index (κ3) is 18.9. The van der Waals surface area contributed by atoms with Gasteiger partial charge in [0.25, 0.3) is 11.4 Å². The number of sulfone groups is 1. The molecule has 19 heteroatoms. The van der Waals surface area contributed by atoms with Crippen molar-refractivity contribution >= 4 is 44.7 Å². The maximum Gasteiger partial charge on any atom is 0.339 e. The Morgan fingerprint density at radius 3 is 1.64 bits per heavy atom. The van der Waals surface area contributed by atoms with Gasteiger partial charge in [0, 0.05) is 37.3 Å². The quantitative estimate of drug-likeness (QED) is 0.0280. The van der Waals surface area contributed by atoms with Crippen molar-refractivity contribution in [2.24, 2.45) is 29.6 Å². The molecule has 0 unspecified atom stereocenters. The molecule has 17 nitrogen and oxygen atoms in total. The molecule has 4 aromatic rings. The van der Waals surface area contributed by atoms with Gasteiger partial charge in [0.2, 0.25) is 0 Å². The van der Waals surface area contributed by atoms with Gasteiger partial charge >= 0.3 is 23.5 Å². The van der Waals surface area contributed by atoms with Crippen molar-refractivity contribution in [1.82, 2.24) is 0 Å². The summed E-state index contributed by atoms with van der Waals surface area (Å²) >= 11 is -0.750. The summed E-state index contributed by atoms with van der Waals surface area (Å²) in [7, 11) is -3.44. The molecule has 2 aliphatic heterocycles. The average molecular weight is 1140 g/mol. The van der Waals surface area contributed by atoms with E-state index in [0.717, 1.165) is 42.2 Å². The van der Waals surface area contributed by atoms with Crippen LogP contribution in [0.5, 0.6) is 0 Å². The molecule has 2 heterocycles. The predicted octanol–water partition coefficient (Wildman–Crippen LogP) is 12.0. The Morgan fingerprint density at radius 1 is 0.662 bits per heavy atom. The zero-order valence-corrected chi connectivity index (χ0v) is 48.3. The van der Waals surface area contributed by atoms with Crippen LogP contribution < -0.4 is 0 Å². The molecule has 12 atom stereocenters. The van der Waals surface area contributed by atoms with Gasteiger partial charge in [-0.25, -0.2) is 18.0 Å². The smallest absolute Gasteiger partial charge is 0.339 e. The van der Waals surface area contributed by atoms with E-state index in [2.05, 4.69) is 54.0 Å². The molecule has 0 bridgehead atoms. The lowest BCUT2D eigenvalue weighted by Gasteiger charge is -2.27. The molecule has 2 fully saturated rings. The predicted molar refractivity (Wildman–Crippen MR) is 307 cm³/mol. The van der Waals surface area contributed by atoms with Crippen molar-refractivity contribution in [2.75, 3.05) is 5.75 Å². The molecule has 6 rings (SSSR count). The van der Waals surface area contributed by atoms with Crippen molar-refractivity contribution in [3.8, 4) is 0 Å². The first-order chi connectivity index (χ1) is 37.8. The lowest BCUT2D eigenvalue weighted by molar-refractivity contribution is -0.394. The molecule has 0 aromatic heterocycles. The second-order valence-electron chi connectivity index (χ2n) is 20.9. The molecule has 0 saturated carbocycles. The Kier molecular flexibility index (Phi) is 25.7. The first-order valence-corrected chi connectivity index (χ1v) is 29.0. The molecule has 0 spiro atoms. The summed E-state index contributed by atoms with van der Waals surface area (Å²) in [5.74, 6) is -0.952. The number of hydrogen-bond donors (Lipinski definition) is 1. The number of aliphatic hydroxyl groups is 1. The van der Waals surface area contributed by atoms with Crippen LogP contribution in [0.1, 0.15) is 113 Å². The maximum absolute atomic E-state index is 13.4. The molecule has 1 N–H and O–H groups in total. The Morgan fingerprint density at radius 2 is 1.14 bits per heavy atom. The van der Waals surface area contributed by atoms with E-state index < -0.39 is 79.0 Å². The minimum Gasteiger partial charge on any atom is -0.459 e. The largest absolute Gasteiger partial charge is 0.459 e. The van der Waals surface area contributed by atoms with Crippen LogP contribution in [0.4, 0.5) is 11.4 Å². The van der Waals surface area contributed by atoms with Crippen LogP contribution in [0.3, 0.4) is 0 Å². The van der Waals surface area contributed by atoms with Crippen LogP contribution in [0.25, 0.3) is 0 Å². The van der Waals surface area contributed by atoms with Gasteiger partial charge in [0.15, 0.2) is 9.84 Å². The summed E-state index contributed by atoms with van der Waals surface area (Å²) < 4.78 is 67.5. The maximum atomic E-state index is 13.4. The monoisotopic (exact) mass is 1140 g/mol. The van der Waals surface area contributed by atoms with E-state index in [-0.39, 0.29) is 59.7 Å². The summed E-state index contributed by atoms with van der Waals surface area (Å²) in [6.45, 7) is 29.8. The van der Waals surface area contributed by atoms with Crippen LogP contribution in [0.2, 0.25) is 0 Å². The molecular formula is C61H76N2O15S2. The van der Waals surface area contributed by atoms with Gasteiger partial charge < -0.3 is 24.1 Å². The van der Waals surface area contributed by atoms with Crippen molar-refractivity contribution in [2.45, 2.75) is 141 Å². The highest BCUT2D eigenvalue weighted by molar-refractivity contribution is 7.91. The number of nitro groups is 2. The molecule has 4 aromatic carbocycles. The highest BCUT2D eigenvalue weighted by Gasteiger charge is 2.46. The molecule has 432 valence electrons. The molecule has 2 saturated heterocycles. The van der Waals surface area contributed by atoms with E-state index in [9.17, 15) is 43.3 Å². The van der Waals surface area contributed by atoms with Crippen LogP contribution >= 0.6 is 0 Å². The highest BCUT2D eigenvalue weighted by atomic mass is 32.2. The number of non-ortho nitro benzene ring substituents is 2. The van der Waals surface area contributed by atoms with Crippen molar-refractivity contribution in [3.63, 3.8) is 0 Å². The number of carbonyl (C=O) groups excluding carboxylic acids is 2. The molecule has 0 amide bonds. The molecule has 0 radical (unpaired) electrons. The van der Waals surface area contributed by atoms with E-state index in [1.54, 1.807) is 55.5 Å². The number of benzene rings is 4. The summed E-state index contributed by atoms with van der Waals surface area (Å²) in [5.41, 5.74) is 2.30. The SMILES string of the molecule is C=C(C)C(=C)[C@@H](C[C@@H]1O[C@H](C[C@@H](CC)OC(=O)c2ccccc2)[C@H](C)[C@H]1Cc1ccccc1)OC(=O)c1cc([N+](=O)[O-])cc([N+](=O)[O-])c1.C=C(C)C(=C)[C@H](O)C[C@@H]1O[C@H](C[C@H](C)CC)[C@H](C)[C@H]1CS(=O)(=O)c1ccccc1.O=S=O. The lowest BCUT2D eigenvalue weighted by Crippen LogP contribution is -2.31. The number of ether oxygens (including phenoxy) is 4. The Balaban J connectivity index is 0.000000367. The number of nitro benzene ring substituents is 2. The van der Waals surface area contributed by atoms with Gasteiger partial charge in [-0.3, -0.25) is 20.2 Å². The normalized spacial score (nSPS) is 21.8. The van der Waals surface area contributed by atoms with Gasteiger partial charge in [-0.1, -0.05) is 145 Å². The molecule has 80 heavy (non-hydrogen) atoms. The summed E-state index contributed by atoms with van der Waals surface area (Å²) in [5, 5.41) is 33.5. The first kappa shape index (κ1) is 65.7. The second kappa shape index (κ2) is 31.3. The zero-order chi connectivity index (χ0) is 59.4. The highest BCUT2D eigenvalue weighted by Crippen LogP contribution is 2.42. The number of carbonyl (C=O) groups is 2. The van der Waals surface area contributed by atoms with E-state index >= 15 is 0 Å². The minimum atomic E-state index is -3.44. The van der Waals surface area contributed by atoms with Gasteiger partial charge in [0.1, 0.15) is 12.2 Å². The third-order valence-electron chi connectivity index (χ3n) is 15.2. The first-order valence-electron chi connectivity index (χ1n) is 26.7. The van der Waals surface area contributed by atoms with Crippen LogP contribution in [-0.4, -0.2) is 92.2 Å². The standard InChI is InChI=1S/C37H40N2O9.C24H36O4S.O2S/c1-6-31(46-36(40)27-15-11-8-12-16-27)21-33-25(5)32(17-26-13-9-7-10-14-26)35(47-33)22-34(24(4)23(2)3)48-37(41)28-18-29(38(42)43)20-30(19-28)39(44)45;1-7-17(4)13-23-19(6)21(15-29(26,27)20-11-9-8-10-12-20)24(28-23)14-22(25)18(5)16(2)3;1-3-2/h7-16,18-20,25,31-35H,2,4,6,17,21-22H2,1,3,5H3;8-12,17,19,21-25H,2,5,7,13-15H2,1,3-4,6H3;/t25-,31-,32-,33-,34-,35+;17-,19-,21-,22-,23-,24+;/m11./s1. The molecular weight excluding hydrogens is 1060 g/mol. The van der Waals surface area contributed by atoms with Crippen molar-refractivity contribution in [1.29, 1.82) is 0 Å². The number of esters is 2. The molecule has 2 aliphatic rings. The molecule has 0 aliphatic carbocycles. The van der Waals surface area contributed by atoms with Crippen molar-refractivity contribution < 1.29 is 60.3 Å². The van der Waals surface area contributed by atoms with Crippen LogP contribution in [-0.2, 0) is 46.8 Å². The summed E-state index contributed by atoms with van der Waals surface area (Å²) in [6, 6.07) is 30.0. The van der Waals surface area contributed by atoms with Gasteiger partial charge in [-0.05, 0) is 97.8 Å². The fraction of sp³-hybridized carbons (Fsp3) is 0.443. The van der Waals surface area contributed by atoms with Gasteiger partial charge in [0.05, 0.1) is 68.2 Å². The van der Waals surface area contributed by atoms with Crippen LogP contribution in [0, 0.1) is 49.8 Å². The van der Waals surface area contributed by atoms with E-state index in [0.29, 0.717) is 58.8 Å². The Bertz CT molecular complexity index is 2900. The van der Waals surface area contributed by atoms with E-state index in [1.807, 2.05) is 56.3 Å². The number of hydrogen-bond acceptors (Lipinski definition) is 15. The van der Waals surface area contributed by atoms with Crippen molar-refractivity contribution in [3.05, 3.63) is 195 Å². The fourth-order valence-electron chi connectivity index (χ4n) is 10.00. The van der Waals surface area contributed by atoms with Gasteiger partial charge in [-0.2, -0.15) is 8.42 Å².